The summed E-state index contributed by atoms with van der Waals surface area (Å²) in [6.45, 7) is 3.06. The fourth-order valence-corrected chi connectivity index (χ4v) is 12.1. The first-order chi connectivity index (χ1) is 40.5. The molecule has 5 aromatic carbocycles. The number of carbonyl (C=O) groups is 7. The van der Waals surface area contributed by atoms with Crippen molar-refractivity contribution in [1.82, 2.24) is 31.1 Å². The van der Waals surface area contributed by atoms with Crippen molar-refractivity contribution >= 4 is 41.2 Å². The van der Waals surface area contributed by atoms with E-state index in [-0.39, 0.29) is 147 Å². The van der Waals surface area contributed by atoms with E-state index in [2.05, 4.69) is 21.3 Å². The van der Waals surface area contributed by atoms with Gasteiger partial charge >= 0.3 is 0 Å². The Kier molecular flexibility index (Phi) is 18.1. The molecule has 4 aliphatic carbocycles. The van der Waals surface area contributed by atoms with E-state index in [1.165, 1.54) is 28.9 Å². The number of hydrogen-bond acceptors (Lipinski definition) is 11. The Hall–Kier alpha value is -7.73. The number of nitrogens with zero attached hydrogens (tertiary/aromatic N) is 2. The zero-order valence-electron chi connectivity index (χ0n) is 46.9. The van der Waals surface area contributed by atoms with E-state index in [1.807, 2.05) is 121 Å². The normalized spacial score (nSPS) is 26.3. The lowest BCUT2D eigenvalue weighted by atomic mass is 9.94. The van der Waals surface area contributed by atoms with Crippen LogP contribution in [0.1, 0.15) is 106 Å². The van der Waals surface area contributed by atoms with E-state index in [4.69, 9.17) is 18.9 Å². The second-order valence-corrected chi connectivity index (χ2v) is 23.2. The van der Waals surface area contributed by atoms with Gasteiger partial charge in [0.15, 0.2) is 0 Å². The lowest BCUT2D eigenvalue weighted by Gasteiger charge is -2.21. The van der Waals surface area contributed by atoms with Crippen LogP contribution in [0.25, 0.3) is 0 Å². The van der Waals surface area contributed by atoms with Crippen molar-refractivity contribution in [2.45, 2.75) is 86.9 Å². The summed E-state index contributed by atoms with van der Waals surface area (Å²) in [6.07, 6.45) is 3.44. The van der Waals surface area contributed by atoms with Crippen molar-refractivity contribution in [2.24, 2.45) is 23.7 Å². The number of ketones is 1. The van der Waals surface area contributed by atoms with Crippen molar-refractivity contribution in [3.05, 3.63) is 173 Å². The van der Waals surface area contributed by atoms with Crippen LogP contribution in [0.4, 0.5) is 0 Å². The Bertz CT molecular complexity index is 2960. The summed E-state index contributed by atoms with van der Waals surface area (Å²) in [6, 6.07) is 44.2. The maximum atomic E-state index is 15.0. The summed E-state index contributed by atoms with van der Waals surface area (Å²) in [5.41, 5.74) is 4.83. The third-order valence-electron chi connectivity index (χ3n) is 17.2. The molecule has 6 fully saturated rings. The molecule has 434 valence electrons. The van der Waals surface area contributed by atoms with Crippen molar-refractivity contribution in [2.75, 3.05) is 72.4 Å². The topological polar surface area (TPSA) is 211 Å². The highest BCUT2D eigenvalue weighted by atomic mass is 16.6. The minimum Gasteiger partial charge on any atom is -0.490 e. The van der Waals surface area contributed by atoms with Crippen LogP contribution in [0.15, 0.2) is 140 Å². The third-order valence-corrected chi connectivity index (χ3v) is 17.2. The monoisotopic (exact) mass is 1130 g/mol. The summed E-state index contributed by atoms with van der Waals surface area (Å²) >= 11 is 0. The molecule has 2 aliphatic heterocycles. The van der Waals surface area contributed by atoms with Gasteiger partial charge in [0.1, 0.15) is 18.1 Å². The van der Waals surface area contributed by atoms with Gasteiger partial charge in [0.2, 0.25) is 23.6 Å². The first-order valence-electron chi connectivity index (χ1n) is 29.5. The number of benzene rings is 5. The minimum atomic E-state index is -0.837. The van der Waals surface area contributed by atoms with Crippen molar-refractivity contribution in [1.29, 1.82) is 0 Å². The molecular formula is C66H74N6O11. The summed E-state index contributed by atoms with van der Waals surface area (Å²) in [5, 5.41) is 12.8. The zero-order valence-corrected chi connectivity index (χ0v) is 46.9. The quantitative estimate of drug-likeness (QED) is 0.0438. The first-order valence-corrected chi connectivity index (χ1v) is 29.5. The molecular weight excluding hydrogens is 1050 g/mol. The van der Waals surface area contributed by atoms with Crippen LogP contribution in [0.2, 0.25) is 0 Å². The number of Topliss-reactive ketones (excluding diaryl/α,β-unsaturated/α-hetero) is 1. The van der Waals surface area contributed by atoms with E-state index in [1.54, 1.807) is 6.07 Å². The summed E-state index contributed by atoms with van der Waals surface area (Å²) < 4.78 is 23.2. The van der Waals surface area contributed by atoms with E-state index in [9.17, 15) is 33.6 Å². The Morgan fingerprint density at radius 2 is 0.735 bits per heavy atom. The van der Waals surface area contributed by atoms with Gasteiger partial charge in [-0.25, -0.2) is 0 Å². The van der Waals surface area contributed by atoms with Gasteiger partial charge in [-0.15, -0.1) is 0 Å². The highest BCUT2D eigenvalue weighted by Crippen LogP contribution is 2.45. The molecule has 0 unspecified atom stereocenters. The SMILES string of the molecule is CC(=O)CCOCCOCCOCCOc1cc(C(=O)N2C[C@@H](C(=O)N[C@H]3C[C@@H]3c3ccccc3)[C@H](C(=O)N[C@H]3C[C@@H]3c3ccccc3)C2)ccc1C(=O)N1C[C@@H](C(=O)N[C@H]2C[C@@H]2c2ccccc2)[C@H](C(=O)N[C@H]2C[C@@H]2c2ccccc2)C1. The van der Waals surface area contributed by atoms with Crippen molar-refractivity contribution in [3.8, 4) is 5.75 Å². The van der Waals surface area contributed by atoms with Gasteiger partial charge in [0, 0.05) is 86.0 Å². The summed E-state index contributed by atoms with van der Waals surface area (Å²) in [4.78, 5) is 101. The number of amides is 6. The van der Waals surface area contributed by atoms with Crippen molar-refractivity contribution in [3.63, 3.8) is 0 Å². The lowest BCUT2D eigenvalue weighted by molar-refractivity contribution is -0.133. The molecule has 12 atom stereocenters. The van der Waals surface area contributed by atoms with E-state index in [0.29, 0.717) is 26.2 Å². The second-order valence-electron chi connectivity index (χ2n) is 23.2. The van der Waals surface area contributed by atoms with Crippen LogP contribution >= 0.6 is 0 Å². The first kappa shape index (κ1) is 57.1. The molecule has 17 heteroatoms. The largest absolute Gasteiger partial charge is 0.490 e. The zero-order chi connectivity index (χ0) is 57.4. The molecule has 6 aliphatic rings. The van der Waals surface area contributed by atoms with Gasteiger partial charge in [0.05, 0.1) is 68.9 Å². The predicted octanol–water partition coefficient (Wildman–Crippen LogP) is 6.16. The molecule has 2 saturated heterocycles. The maximum Gasteiger partial charge on any atom is 0.257 e. The van der Waals surface area contributed by atoms with Crippen molar-refractivity contribution < 1.29 is 52.5 Å². The number of hydrogen-bond donors (Lipinski definition) is 4. The van der Waals surface area contributed by atoms with Gasteiger partial charge in [-0.05, 0) is 73.1 Å². The van der Waals surface area contributed by atoms with Gasteiger partial charge < -0.3 is 50.0 Å². The van der Waals surface area contributed by atoms with E-state index in [0.717, 1.165) is 47.9 Å². The van der Waals surface area contributed by atoms with Crippen LogP contribution in [-0.4, -0.2) is 148 Å². The fourth-order valence-electron chi connectivity index (χ4n) is 12.1. The second kappa shape index (κ2) is 26.2. The highest BCUT2D eigenvalue weighted by Gasteiger charge is 2.51. The molecule has 4 N–H and O–H groups in total. The highest BCUT2D eigenvalue weighted by molar-refractivity contribution is 6.02. The number of ether oxygens (including phenoxy) is 4. The lowest BCUT2D eigenvalue weighted by Crippen LogP contribution is -2.43. The minimum absolute atomic E-state index is 0.00380. The van der Waals surface area contributed by atoms with Gasteiger partial charge in [-0.2, -0.15) is 0 Å². The van der Waals surface area contributed by atoms with Crippen LogP contribution in [0.3, 0.4) is 0 Å². The molecule has 0 aromatic heterocycles. The smallest absolute Gasteiger partial charge is 0.257 e. The van der Waals surface area contributed by atoms with Crippen LogP contribution in [0.5, 0.6) is 5.75 Å². The molecule has 4 saturated carbocycles. The predicted molar refractivity (Wildman–Crippen MR) is 308 cm³/mol. The fraction of sp³-hybridized carbons (Fsp3) is 0.439. The molecule has 17 nitrogen and oxygen atoms in total. The van der Waals surface area contributed by atoms with Crippen LogP contribution in [0, 0.1) is 23.7 Å². The Labute approximate surface area is 484 Å². The Morgan fingerprint density at radius 1 is 0.410 bits per heavy atom. The Balaban J connectivity index is 0.798. The van der Waals surface area contributed by atoms with Gasteiger partial charge in [-0.3, -0.25) is 33.6 Å². The average molecular weight is 1130 g/mol. The number of likely N-dealkylation sites (tertiary alicyclic amines) is 2. The van der Waals surface area contributed by atoms with Crippen LogP contribution < -0.4 is 26.0 Å². The summed E-state index contributed by atoms with van der Waals surface area (Å²) in [5.74, 6) is -4.59. The van der Waals surface area contributed by atoms with Gasteiger partial charge in [-0.1, -0.05) is 121 Å². The standard InChI is InChI=1S/C66H74N6O11/c1-41(73)24-25-80-26-27-81-28-29-82-30-31-83-60-32-46(65(78)71-37-52(61(74)67-56-33-48(56)42-14-6-2-7-15-42)53(38-71)62(75)68-57-34-49(57)43-16-8-3-9-17-43)22-23-47(60)66(79)72-39-54(63(76)69-58-35-50(58)44-18-10-4-11-19-44)55(40-72)64(77)70-59-36-51(59)45-20-12-5-13-21-45/h2-23,32,48-59H,24-31,33-40H2,1H3,(H,67,74)(H,68,75)(H,69,76)(H,70,77)/t48-,49-,50-,51-,52-,53-,54-,55-,56+,57+,58+,59+/m1/s1. The van der Waals surface area contributed by atoms with E-state index < -0.39 is 35.5 Å². The Morgan fingerprint density at radius 3 is 1.08 bits per heavy atom. The molecule has 83 heavy (non-hydrogen) atoms. The molecule has 11 rings (SSSR count). The molecule has 5 aromatic rings. The molecule has 0 radical (unpaired) electrons. The van der Waals surface area contributed by atoms with E-state index >= 15 is 0 Å². The number of nitrogens with one attached hydrogen (secondary N) is 4. The third kappa shape index (κ3) is 14.4. The average Bonchev–Trinajstić information content (AvgIpc) is 4.65. The van der Waals surface area contributed by atoms with Gasteiger partial charge in [0.25, 0.3) is 11.8 Å². The summed E-state index contributed by atoms with van der Waals surface area (Å²) in [7, 11) is 0. The maximum absolute atomic E-state index is 15.0. The molecule has 2 heterocycles. The van der Waals surface area contributed by atoms with Crippen LogP contribution in [-0.2, 0) is 38.2 Å². The number of rotatable bonds is 27. The molecule has 6 amide bonds. The number of carbonyl (C=O) groups excluding carboxylic acids is 7. The molecule has 0 spiro atoms. The molecule has 0 bridgehead atoms.